The fraction of sp³-hybridized carbons (Fsp3) is 0.800. The number of amidine groups is 1. The number of rotatable bonds is 5. The molecule has 0 spiro atoms. The molecule has 1 amide bonds. The summed E-state index contributed by atoms with van der Waals surface area (Å²) in [4.78, 5) is 15.6. The molecule has 0 aromatic carbocycles. The summed E-state index contributed by atoms with van der Waals surface area (Å²) in [6, 6.07) is 0. The van der Waals surface area contributed by atoms with Gasteiger partial charge in [-0.3, -0.25) is 9.69 Å². The highest BCUT2D eigenvalue weighted by Crippen LogP contribution is 2.03. The van der Waals surface area contributed by atoms with E-state index in [1.54, 1.807) is 7.11 Å². The van der Waals surface area contributed by atoms with Crippen LogP contribution in [0, 0.1) is 0 Å². The molecule has 1 heterocycles. The van der Waals surface area contributed by atoms with E-state index in [1.165, 1.54) is 0 Å². The van der Waals surface area contributed by atoms with Crippen LogP contribution in [0.2, 0.25) is 0 Å². The zero-order chi connectivity index (χ0) is 12.7. The number of ether oxygens (including phenoxy) is 1. The SMILES string of the molecule is COCCC(=O)N1CCN(CC(N)=NO)CC1. The van der Waals surface area contributed by atoms with Crippen LogP contribution in [0.5, 0.6) is 0 Å². The fourth-order valence-electron chi connectivity index (χ4n) is 1.76. The Kier molecular flexibility index (Phi) is 5.71. The molecule has 3 N–H and O–H groups in total. The molecular weight excluding hydrogens is 224 g/mol. The molecule has 1 fully saturated rings. The Morgan fingerprint density at radius 3 is 2.59 bits per heavy atom. The summed E-state index contributed by atoms with van der Waals surface area (Å²) in [5, 5.41) is 11.4. The molecule has 1 aliphatic heterocycles. The normalized spacial score (nSPS) is 18.4. The molecule has 7 nitrogen and oxygen atoms in total. The molecule has 17 heavy (non-hydrogen) atoms. The average Bonchev–Trinajstić information content (AvgIpc) is 2.36. The zero-order valence-electron chi connectivity index (χ0n) is 10.1. The van der Waals surface area contributed by atoms with Gasteiger partial charge in [0.1, 0.15) is 0 Å². The molecular formula is C10H20N4O3. The Balaban J connectivity index is 2.28. The molecule has 1 rings (SSSR count). The van der Waals surface area contributed by atoms with Crippen LogP contribution >= 0.6 is 0 Å². The summed E-state index contributed by atoms with van der Waals surface area (Å²) in [6.07, 6.45) is 0.427. The van der Waals surface area contributed by atoms with Gasteiger partial charge in [0.05, 0.1) is 19.6 Å². The highest BCUT2D eigenvalue weighted by atomic mass is 16.5. The van der Waals surface area contributed by atoms with Crippen LogP contribution in [0.15, 0.2) is 5.16 Å². The van der Waals surface area contributed by atoms with Crippen molar-refractivity contribution in [3.63, 3.8) is 0 Å². The lowest BCUT2D eigenvalue weighted by Crippen LogP contribution is -2.50. The summed E-state index contributed by atoms with van der Waals surface area (Å²) in [7, 11) is 1.59. The molecule has 1 aliphatic rings. The van der Waals surface area contributed by atoms with E-state index < -0.39 is 0 Å². The van der Waals surface area contributed by atoms with Crippen molar-refractivity contribution in [2.45, 2.75) is 6.42 Å². The van der Waals surface area contributed by atoms with Crippen molar-refractivity contribution in [3.8, 4) is 0 Å². The van der Waals surface area contributed by atoms with Gasteiger partial charge in [-0.05, 0) is 0 Å². The largest absolute Gasteiger partial charge is 0.409 e. The molecule has 1 saturated heterocycles. The van der Waals surface area contributed by atoms with Gasteiger partial charge in [0.15, 0.2) is 5.84 Å². The number of carbonyl (C=O) groups excluding carboxylic acids is 1. The quantitative estimate of drug-likeness (QED) is 0.278. The van der Waals surface area contributed by atoms with Crippen molar-refractivity contribution >= 4 is 11.7 Å². The van der Waals surface area contributed by atoms with Gasteiger partial charge >= 0.3 is 0 Å². The van der Waals surface area contributed by atoms with Gasteiger partial charge in [-0.15, -0.1) is 0 Å². The number of nitrogens with two attached hydrogens (primary N) is 1. The van der Waals surface area contributed by atoms with Crippen molar-refractivity contribution in [2.24, 2.45) is 10.9 Å². The lowest BCUT2D eigenvalue weighted by atomic mass is 10.2. The van der Waals surface area contributed by atoms with E-state index in [4.69, 9.17) is 15.7 Å². The molecule has 0 saturated carbocycles. The standard InChI is InChI=1S/C10H20N4O3/c1-17-7-2-10(15)14-5-3-13(4-6-14)8-9(11)12-16/h16H,2-8H2,1H3,(H2,11,12). The number of piperazine rings is 1. The van der Waals surface area contributed by atoms with Gasteiger partial charge in [0.25, 0.3) is 0 Å². The first kappa shape index (κ1) is 13.7. The summed E-state index contributed by atoms with van der Waals surface area (Å²) >= 11 is 0. The number of nitrogens with zero attached hydrogens (tertiary/aromatic N) is 3. The van der Waals surface area contributed by atoms with Gasteiger partial charge in [0, 0.05) is 33.3 Å². The second-order valence-electron chi connectivity index (χ2n) is 3.99. The summed E-state index contributed by atoms with van der Waals surface area (Å²) < 4.78 is 4.87. The number of amides is 1. The maximum atomic E-state index is 11.7. The smallest absolute Gasteiger partial charge is 0.224 e. The third kappa shape index (κ3) is 4.58. The van der Waals surface area contributed by atoms with Crippen LogP contribution in [0.3, 0.4) is 0 Å². The van der Waals surface area contributed by atoms with Crippen molar-refractivity contribution in [1.29, 1.82) is 0 Å². The van der Waals surface area contributed by atoms with Crippen LogP contribution in [-0.4, -0.2) is 73.2 Å². The maximum absolute atomic E-state index is 11.7. The minimum atomic E-state index is 0.121. The predicted molar refractivity (Wildman–Crippen MR) is 62.9 cm³/mol. The second-order valence-corrected chi connectivity index (χ2v) is 3.99. The molecule has 0 radical (unpaired) electrons. The predicted octanol–water partition coefficient (Wildman–Crippen LogP) is -1.09. The summed E-state index contributed by atoms with van der Waals surface area (Å²) in [5.74, 6) is 0.319. The number of oxime groups is 1. The highest BCUT2D eigenvalue weighted by molar-refractivity contribution is 5.81. The number of hydrogen-bond donors (Lipinski definition) is 2. The van der Waals surface area contributed by atoms with Gasteiger partial charge in [0.2, 0.25) is 5.91 Å². The van der Waals surface area contributed by atoms with Crippen molar-refractivity contribution < 1.29 is 14.7 Å². The molecule has 98 valence electrons. The molecule has 0 aromatic rings. The number of carbonyl (C=O) groups is 1. The van der Waals surface area contributed by atoms with Gasteiger partial charge in [-0.2, -0.15) is 0 Å². The lowest BCUT2D eigenvalue weighted by molar-refractivity contribution is -0.133. The average molecular weight is 244 g/mol. The second kappa shape index (κ2) is 7.08. The van der Waals surface area contributed by atoms with Crippen molar-refractivity contribution in [1.82, 2.24) is 9.80 Å². The Bertz CT molecular complexity index is 275. The van der Waals surface area contributed by atoms with E-state index in [1.807, 2.05) is 4.90 Å². The molecule has 0 aromatic heterocycles. The zero-order valence-corrected chi connectivity index (χ0v) is 10.1. The van der Waals surface area contributed by atoms with E-state index in [-0.39, 0.29) is 11.7 Å². The van der Waals surface area contributed by atoms with E-state index >= 15 is 0 Å². The van der Waals surface area contributed by atoms with Crippen LogP contribution in [-0.2, 0) is 9.53 Å². The third-order valence-corrected chi connectivity index (χ3v) is 2.76. The third-order valence-electron chi connectivity index (χ3n) is 2.76. The van der Waals surface area contributed by atoms with Crippen molar-refractivity contribution in [3.05, 3.63) is 0 Å². The minimum Gasteiger partial charge on any atom is -0.409 e. The monoisotopic (exact) mass is 244 g/mol. The highest BCUT2D eigenvalue weighted by Gasteiger charge is 2.20. The van der Waals surface area contributed by atoms with Crippen LogP contribution in [0.4, 0.5) is 0 Å². The number of methoxy groups -OCH3 is 1. The van der Waals surface area contributed by atoms with Crippen LogP contribution < -0.4 is 5.73 Å². The van der Waals surface area contributed by atoms with E-state index in [9.17, 15) is 4.79 Å². The lowest BCUT2D eigenvalue weighted by Gasteiger charge is -2.34. The minimum absolute atomic E-state index is 0.121. The Hall–Kier alpha value is -1.34. The first-order valence-electron chi connectivity index (χ1n) is 5.63. The van der Waals surface area contributed by atoms with Crippen LogP contribution in [0.1, 0.15) is 6.42 Å². The first-order chi connectivity index (χ1) is 8.17. The summed E-state index contributed by atoms with van der Waals surface area (Å²) in [5.41, 5.74) is 5.43. The molecule has 0 atom stereocenters. The fourth-order valence-corrected chi connectivity index (χ4v) is 1.76. The van der Waals surface area contributed by atoms with Crippen molar-refractivity contribution in [2.75, 3.05) is 46.4 Å². The van der Waals surface area contributed by atoms with E-state index in [0.717, 1.165) is 13.1 Å². The Labute approximate surface area is 101 Å². The molecule has 0 unspecified atom stereocenters. The Morgan fingerprint density at radius 1 is 1.41 bits per heavy atom. The Morgan fingerprint density at radius 2 is 2.06 bits per heavy atom. The topological polar surface area (TPSA) is 91.4 Å². The number of hydrogen-bond acceptors (Lipinski definition) is 5. The molecule has 0 bridgehead atoms. The molecule has 7 heteroatoms. The van der Waals surface area contributed by atoms with Gasteiger partial charge in [-0.25, -0.2) is 0 Å². The van der Waals surface area contributed by atoms with Crippen LogP contribution in [0.25, 0.3) is 0 Å². The maximum Gasteiger partial charge on any atom is 0.224 e. The summed E-state index contributed by atoms with van der Waals surface area (Å²) in [6.45, 7) is 3.76. The van der Waals surface area contributed by atoms with E-state index in [2.05, 4.69) is 10.1 Å². The van der Waals surface area contributed by atoms with E-state index in [0.29, 0.717) is 32.7 Å². The molecule has 0 aliphatic carbocycles. The first-order valence-corrected chi connectivity index (χ1v) is 5.63. The van der Waals surface area contributed by atoms with Gasteiger partial charge < -0.3 is 20.6 Å². The van der Waals surface area contributed by atoms with Gasteiger partial charge in [-0.1, -0.05) is 5.16 Å².